The first-order valence-electron chi connectivity index (χ1n) is 4.36. The van der Waals surface area contributed by atoms with E-state index in [1.807, 2.05) is 0 Å². The first-order chi connectivity index (χ1) is 6.40. The summed E-state index contributed by atoms with van der Waals surface area (Å²) in [6.45, 7) is 5.05. The minimum Gasteiger partial charge on any atom is -0.394 e. The molecule has 0 aromatic carbocycles. The molecule has 2 unspecified atom stereocenters. The number of hydrogen-bond acceptors (Lipinski definition) is 3. The van der Waals surface area contributed by atoms with Crippen LogP contribution in [0.2, 0.25) is 0 Å². The highest BCUT2D eigenvalue weighted by molar-refractivity contribution is 6.41. The van der Waals surface area contributed by atoms with Gasteiger partial charge in [0.15, 0.2) is 0 Å². The van der Waals surface area contributed by atoms with Crippen molar-refractivity contribution in [1.29, 1.82) is 0 Å². The Morgan fingerprint density at radius 2 is 2.36 bits per heavy atom. The lowest BCUT2D eigenvalue weighted by molar-refractivity contribution is -0.131. The first-order valence-corrected chi connectivity index (χ1v) is 4.74. The van der Waals surface area contributed by atoms with Crippen molar-refractivity contribution in [3.8, 4) is 0 Å². The van der Waals surface area contributed by atoms with E-state index in [0.717, 1.165) is 0 Å². The molecule has 5 heteroatoms. The largest absolute Gasteiger partial charge is 0.394 e. The Morgan fingerprint density at radius 1 is 1.79 bits per heavy atom. The number of carbonyl (C=O) groups excluding carboxylic acids is 1. The molecular formula is C9H14ClNO3. The molecule has 1 fully saturated rings. The van der Waals surface area contributed by atoms with Gasteiger partial charge < -0.3 is 15.1 Å². The van der Waals surface area contributed by atoms with E-state index in [2.05, 4.69) is 6.58 Å². The van der Waals surface area contributed by atoms with Gasteiger partial charge in [0.1, 0.15) is 0 Å². The molecule has 1 saturated heterocycles. The molecule has 0 aromatic heterocycles. The fourth-order valence-electron chi connectivity index (χ4n) is 1.74. The van der Waals surface area contributed by atoms with Gasteiger partial charge in [-0.3, -0.25) is 4.79 Å². The summed E-state index contributed by atoms with van der Waals surface area (Å²) in [7, 11) is 0. The van der Waals surface area contributed by atoms with Gasteiger partial charge in [0.25, 0.3) is 5.91 Å². The Morgan fingerprint density at radius 3 is 2.79 bits per heavy atom. The van der Waals surface area contributed by atoms with E-state index in [1.54, 1.807) is 6.92 Å². The molecule has 1 aliphatic heterocycles. The van der Waals surface area contributed by atoms with Gasteiger partial charge in [-0.25, -0.2) is 0 Å². The molecule has 2 N–H and O–H groups in total. The van der Waals surface area contributed by atoms with Gasteiger partial charge in [-0.05, 0) is 6.92 Å². The van der Waals surface area contributed by atoms with Crippen LogP contribution in [0, 0.1) is 0 Å². The number of hydrogen-bond donors (Lipinski definition) is 2. The van der Waals surface area contributed by atoms with Crippen LogP contribution in [-0.4, -0.2) is 45.8 Å². The first kappa shape index (κ1) is 11.5. The van der Waals surface area contributed by atoms with Crippen molar-refractivity contribution in [2.75, 3.05) is 13.2 Å². The van der Waals surface area contributed by atoms with E-state index in [4.69, 9.17) is 16.7 Å². The number of β-amino-alcohol motifs (C(OH)–C–C–N with tert-alkyl or cyclic N) is 1. The van der Waals surface area contributed by atoms with Crippen LogP contribution in [0.15, 0.2) is 11.6 Å². The van der Waals surface area contributed by atoms with Gasteiger partial charge >= 0.3 is 0 Å². The molecular weight excluding hydrogens is 206 g/mol. The average Bonchev–Trinajstić information content (AvgIpc) is 2.41. The lowest BCUT2D eigenvalue weighted by Gasteiger charge is -2.32. The number of likely N-dealkylation sites (tertiary alicyclic amines) is 1. The van der Waals surface area contributed by atoms with E-state index in [9.17, 15) is 9.90 Å². The molecule has 0 spiro atoms. The minimum atomic E-state index is -0.728. The highest BCUT2D eigenvalue weighted by atomic mass is 35.5. The molecule has 0 aromatic rings. The van der Waals surface area contributed by atoms with Crippen molar-refractivity contribution < 1.29 is 15.0 Å². The number of carbonyl (C=O) groups is 1. The second kappa shape index (κ2) is 3.88. The van der Waals surface area contributed by atoms with E-state index in [-0.39, 0.29) is 18.2 Å². The zero-order valence-electron chi connectivity index (χ0n) is 8.03. The molecule has 1 rings (SSSR count). The molecule has 1 heterocycles. The molecule has 0 radical (unpaired) electrons. The van der Waals surface area contributed by atoms with Gasteiger partial charge in [-0.1, -0.05) is 18.2 Å². The third kappa shape index (κ3) is 1.92. The SMILES string of the molecule is C=C(Cl)C(=O)N1CC(O)CC1(C)CO. The van der Waals surface area contributed by atoms with E-state index < -0.39 is 17.6 Å². The summed E-state index contributed by atoms with van der Waals surface area (Å²) in [6, 6.07) is 0. The fraction of sp³-hybridized carbons (Fsp3) is 0.667. The highest BCUT2D eigenvalue weighted by Gasteiger charge is 2.43. The van der Waals surface area contributed by atoms with Crippen molar-refractivity contribution in [1.82, 2.24) is 4.90 Å². The van der Waals surface area contributed by atoms with E-state index in [0.29, 0.717) is 6.42 Å². The number of aliphatic hydroxyl groups excluding tert-OH is 2. The van der Waals surface area contributed by atoms with Gasteiger partial charge in [-0.15, -0.1) is 0 Å². The molecule has 4 nitrogen and oxygen atoms in total. The van der Waals surface area contributed by atoms with Crippen LogP contribution >= 0.6 is 11.6 Å². The quantitative estimate of drug-likeness (QED) is 0.647. The topological polar surface area (TPSA) is 60.8 Å². The fourth-order valence-corrected chi connectivity index (χ4v) is 1.84. The average molecular weight is 220 g/mol. The van der Waals surface area contributed by atoms with Crippen LogP contribution < -0.4 is 0 Å². The summed E-state index contributed by atoms with van der Waals surface area (Å²) in [6.07, 6.45) is -0.244. The molecule has 0 saturated carbocycles. The second-order valence-electron chi connectivity index (χ2n) is 3.83. The summed E-state index contributed by atoms with van der Waals surface area (Å²) in [5, 5.41) is 18.5. The minimum absolute atomic E-state index is 0.0984. The molecule has 1 aliphatic rings. The van der Waals surface area contributed by atoms with Crippen LogP contribution in [0.5, 0.6) is 0 Å². The Labute approximate surface area is 87.8 Å². The Kier molecular flexibility index (Phi) is 3.19. The molecule has 0 bridgehead atoms. The van der Waals surface area contributed by atoms with Gasteiger partial charge in [0.2, 0.25) is 0 Å². The zero-order chi connectivity index (χ0) is 10.9. The van der Waals surface area contributed by atoms with Gasteiger partial charge in [0.05, 0.1) is 23.3 Å². The molecule has 2 atom stereocenters. The maximum atomic E-state index is 11.5. The Bertz CT molecular complexity index is 269. The number of amides is 1. The molecule has 14 heavy (non-hydrogen) atoms. The predicted octanol–water partition coefficient (Wildman–Crippen LogP) is 0.0831. The zero-order valence-corrected chi connectivity index (χ0v) is 8.79. The maximum Gasteiger partial charge on any atom is 0.265 e. The van der Waals surface area contributed by atoms with Crippen molar-refractivity contribution >= 4 is 17.5 Å². The highest BCUT2D eigenvalue weighted by Crippen LogP contribution is 2.30. The number of rotatable bonds is 2. The van der Waals surface area contributed by atoms with Crippen molar-refractivity contribution in [3.63, 3.8) is 0 Å². The monoisotopic (exact) mass is 219 g/mol. The number of halogens is 1. The predicted molar refractivity (Wildman–Crippen MR) is 52.8 cm³/mol. The van der Waals surface area contributed by atoms with E-state index in [1.165, 1.54) is 4.90 Å². The third-order valence-electron chi connectivity index (χ3n) is 2.54. The van der Waals surface area contributed by atoms with Crippen LogP contribution in [0.1, 0.15) is 13.3 Å². The van der Waals surface area contributed by atoms with Crippen molar-refractivity contribution in [3.05, 3.63) is 11.6 Å². The summed E-state index contributed by atoms with van der Waals surface area (Å²) in [5.74, 6) is -0.431. The standard InChI is InChI=1S/C9H14ClNO3/c1-6(10)8(14)11-4-7(13)3-9(11,2)5-12/h7,12-13H,1,3-5H2,2H3. The third-order valence-corrected chi connectivity index (χ3v) is 2.70. The van der Waals surface area contributed by atoms with Gasteiger partial charge in [-0.2, -0.15) is 0 Å². The smallest absolute Gasteiger partial charge is 0.265 e. The number of aliphatic hydroxyl groups is 2. The molecule has 0 aliphatic carbocycles. The van der Waals surface area contributed by atoms with Crippen LogP contribution in [-0.2, 0) is 4.79 Å². The summed E-state index contributed by atoms with van der Waals surface area (Å²) in [5.41, 5.74) is -0.728. The van der Waals surface area contributed by atoms with Crippen LogP contribution in [0.4, 0.5) is 0 Å². The Hall–Kier alpha value is -0.580. The Balaban J connectivity index is 2.87. The van der Waals surface area contributed by atoms with Crippen LogP contribution in [0.3, 0.4) is 0 Å². The molecule has 1 amide bonds. The summed E-state index contributed by atoms with van der Waals surface area (Å²) in [4.78, 5) is 12.9. The maximum absolute atomic E-state index is 11.5. The lowest BCUT2D eigenvalue weighted by atomic mass is 9.99. The van der Waals surface area contributed by atoms with E-state index >= 15 is 0 Å². The summed E-state index contributed by atoms with van der Waals surface area (Å²) >= 11 is 5.49. The number of nitrogens with zero attached hydrogens (tertiary/aromatic N) is 1. The molecule has 80 valence electrons. The van der Waals surface area contributed by atoms with Crippen molar-refractivity contribution in [2.45, 2.75) is 25.0 Å². The van der Waals surface area contributed by atoms with Gasteiger partial charge in [0, 0.05) is 13.0 Å². The normalized spacial score (nSPS) is 32.0. The lowest BCUT2D eigenvalue weighted by Crippen LogP contribution is -2.47. The second-order valence-corrected chi connectivity index (χ2v) is 4.29. The summed E-state index contributed by atoms with van der Waals surface area (Å²) < 4.78 is 0. The van der Waals surface area contributed by atoms with Crippen LogP contribution in [0.25, 0.3) is 0 Å². The van der Waals surface area contributed by atoms with Crippen molar-refractivity contribution in [2.24, 2.45) is 0 Å².